The number of carbonyl (C=O) groups is 3. The molecule has 2 N–H and O–H groups in total. The second-order valence-electron chi connectivity index (χ2n) is 8.17. The second kappa shape index (κ2) is 9.80. The van der Waals surface area contributed by atoms with Crippen LogP contribution in [0.15, 0.2) is 64.2 Å². The minimum absolute atomic E-state index is 0.0266. The summed E-state index contributed by atoms with van der Waals surface area (Å²) in [5, 5.41) is 0. The number of esters is 1. The smallest absolute Gasteiger partial charge is 0.338 e. The Bertz CT molecular complexity index is 1410. The first-order chi connectivity index (χ1) is 16.8. The van der Waals surface area contributed by atoms with Crippen molar-refractivity contribution in [1.29, 1.82) is 0 Å². The van der Waals surface area contributed by atoms with Crippen LogP contribution in [-0.4, -0.2) is 39.9 Å². The number of ketones is 1. The molecule has 10 heteroatoms. The zero-order valence-electron chi connectivity index (χ0n) is 19.1. The molecule has 180 valence electrons. The van der Waals surface area contributed by atoms with Crippen LogP contribution in [0.2, 0.25) is 0 Å². The summed E-state index contributed by atoms with van der Waals surface area (Å²) in [5.41, 5.74) is 5.73. The second-order valence-corrected chi connectivity index (χ2v) is 8.17. The van der Waals surface area contributed by atoms with Crippen molar-refractivity contribution in [3.8, 4) is 0 Å². The predicted molar refractivity (Wildman–Crippen MR) is 129 cm³/mol. The largest absolute Gasteiger partial charge is 0.454 e. The number of rotatable bonds is 7. The van der Waals surface area contributed by atoms with E-state index in [4.69, 9.17) is 10.5 Å². The molecule has 0 bridgehead atoms. The van der Waals surface area contributed by atoms with Crippen LogP contribution in [0.3, 0.4) is 0 Å². The summed E-state index contributed by atoms with van der Waals surface area (Å²) in [6.07, 6.45) is 1.28. The summed E-state index contributed by atoms with van der Waals surface area (Å²) in [5.74, 6) is -1.86. The molecule has 10 nitrogen and oxygen atoms in total. The standard InChI is InChI=1S/C25H24N4O6/c1-27-23(32)21(22(26)29(25(27)34)14-16-6-3-2-4-7-16)19(30)15-35-24(33)17-9-11-18(12-10-17)28-13-5-8-20(28)31/h2-4,6-7,9-12H,5,8,13-15,26H2,1H3. The number of nitrogens with zero attached hydrogens (tertiary/aromatic N) is 3. The maximum atomic E-state index is 12.8. The van der Waals surface area contributed by atoms with Crippen LogP contribution in [0.1, 0.15) is 39.1 Å². The fourth-order valence-electron chi connectivity index (χ4n) is 3.95. The molecule has 1 aromatic heterocycles. The molecule has 1 aliphatic heterocycles. The lowest BCUT2D eigenvalue weighted by Crippen LogP contribution is -2.43. The van der Waals surface area contributed by atoms with Crippen LogP contribution < -0.4 is 21.9 Å². The fourth-order valence-corrected chi connectivity index (χ4v) is 3.95. The minimum Gasteiger partial charge on any atom is -0.454 e. The van der Waals surface area contributed by atoms with Gasteiger partial charge in [0.05, 0.1) is 12.1 Å². The number of amides is 1. The molecule has 2 heterocycles. The highest BCUT2D eigenvalue weighted by molar-refractivity contribution is 6.02. The maximum Gasteiger partial charge on any atom is 0.338 e. The predicted octanol–water partition coefficient (Wildman–Crippen LogP) is 1.34. The lowest BCUT2D eigenvalue weighted by molar-refractivity contribution is -0.117. The molecule has 0 spiro atoms. The average molecular weight is 476 g/mol. The molecule has 4 rings (SSSR count). The Morgan fingerprint density at radius 2 is 1.69 bits per heavy atom. The normalized spacial score (nSPS) is 13.2. The van der Waals surface area contributed by atoms with Crippen LogP contribution in [0.5, 0.6) is 0 Å². The third-order valence-corrected chi connectivity index (χ3v) is 5.87. The van der Waals surface area contributed by atoms with Crippen LogP contribution in [0.25, 0.3) is 0 Å². The Morgan fingerprint density at radius 1 is 1.00 bits per heavy atom. The molecule has 0 saturated carbocycles. The third-order valence-electron chi connectivity index (χ3n) is 5.87. The van der Waals surface area contributed by atoms with E-state index in [2.05, 4.69) is 0 Å². The van der Waals surface area contributed by atoms with E-state index < -0.39 is 35.2 Å². The molecule has 1 fully saturated rings. The molecule has 0 radical (unpaired) electrons. The van der Waals surface area contributed by atoms with Crippen LogP contribution in [0, 0.1) is 0 Å². The van der Waals surface area contributed by atoms with Crippen LogP contribution >= 0.6 is 0 Å². The number of hydrogen-bond donors (Lipinski definition) is 1. The van der Waals surface area contributed by atoms with Gasteiger partial charge in [0.15, 0.2) is 6.61 Å². The molecule has 1 amide bonds. The van der Waals surface area contributed by atoms with Crippen molar-refractivity contribution in [1.82, 2.24) is 9.13 Å². The lowest BCUT2D eigenvalue weighted by atomic mass is 10.1. The van der Waals surface area contributed by atoms with Gasteiger partial charge in [0.1, 0.15) is 11.4 Å². The van der Waals surface area contributed by atoms with Gasteiger partial charge in [-0.1, -0.05) is 30.3 Å². The highest BCUT2D eigenvalue weighted by atomic mass is 16.5. The number of ether oxygens (including phenoxy) is 1. The van der Waals surface area contributed by atoms with Crippen LogP contribution in [0.4, 0.5) is 11.5 Å². The first-order valence-electron chi connectivity index (χ1n) is 11.0. The van der Waals surface area contributed by atoms with E-state index in [9.17, 15) is 24.0 Å². The number of hydrogen-bond acceptors (Lipinski definition) is 7. The van der Waals surface area contributed by atoms with Crippen molar-refractivity contribution in [2.24, 2.45) is 7.05 Å². The number of aromatic nitrogens is 2. The van der Waals surface area contributed by atoms with Crippen molar-refractivity contribution < 1.29 is 19.1 Å². The lowest BCUT2D eigenvalue weighted by Gasteiger charge is -2.16. The number of anilines is 2. The van der Waals surface area contributed by atoms with E-state index in [-0.39, 0.29) is 23.8 Å². The Hall–Kier alpha value is -4.47. The summed E-state index contributed by atoms with van der Waals surface area (Å²) < 4.78 is 7.04. The van der Waals surface area contributed by atoms with Gasteiger partial charge in [-0.05, 0) is 36.2 Å². The monoisotopic (exact) mass is 476 g/mol. The summed E-state index contributed by atoms with van der Waals surface area (Å²) in [4.78, 5) is 64.0. The van der Waals surface area contributed by atoms with Gasteiger partial charge in [0.2, 0.25) is 11.7 Å². The van der Waals surface area contributed by atoms with Gasteiger partial charge in [0.25, 0.3) is 5.56 Å². The number of benzene rings is 2. The molecule has 1 saturated heterocycles. The van der Waals surface area contributed by atoms with Crippen molar-refractivity contribution in [2.45, 2.75) is 19.4 Å². The Morgan fingerprint density at radius 3 is 2.31 bits per heavy atom. The van der Waals surface area contributed by atoms with E-state index in [1.165, 1.54) is 19.2 Å². The molecular formula is C25H24N4O6. The third kappa shape index (κ3) is 4.77. The van der Waals surface area contributed by atoms with E-state index in [1.54, 1.807) is 41.3 Å². The van der Waals surface area contributed by atoms with Gasteiger partial charge in [-0.25, -0.2) is 9.59 Å². The van der Waals surface area contributed by atoms with Crippen LogP contribution in [-0.2, 0) is 23.1 Å². The molecule has 1 aliphatic rings. The van der Waals surface area contributed by atoms with Crippen molar-refractivity contribution in [2.75, 3.05) is 23.8 Å². The fraction of sp³-hybridized carbons (Fsp3) is 0.240. The topological polar surface area (TPSA) is 134 Å². The van der Waals surface area contributed by atoms with Gasteiger partial charge in [-0.15, -0.1) is 0 Å². The van der Waals surface area contributed by atoms with E-state index in [1.807, 2.05) is 6.07 Å². The number of nitrogen functional groups attached to an aromatic ring is 1. The molecule has 35 heavy (non-hydrogen) atoms. The van der Waals surface area contributed by atoms with Gasteiger partial charge in [-0.2, -0.15) is 0 Å². The van der Waals surface area contributed by atoms with Crippen molar-refractivity contribution in [3.05, 3.63) is 92.1 Å². The summed E-state index contributed by atoms with van der Waals surface area (Å²) >= 11 is 0. The van der Waals surface area contributed by atoms with Crippen molar-refractivity contribution >= 4 is 29.2 Å². The molecule has 0 unspecified atom stereocenters. The summed E-state index contributed by atoms with van der Waals surface area (Å²) in [7, 11) is 1.25. The average Bonchev–Trinajstić information content (AvgIpc) is 3.30. The van der Waals surface area contributed by atoms with E-state index >= 15 is 0 Å². The Labute approximate surface area is 200 Å². The minimum atomic E-state index is -0.863. The molecule has 0 atom stereocenters. The zero-order valence-corrected chi connectivity index (χ0v) is 19.1. The maximum absolute atomic E-state index is 12.8. The van der Waals surface area contributed by atoms with Gasteiger partial charge in [-0.3, -0.25) is 23.5 Å². The molecule has 0 aliphatic carbocycles. The Kier molecular flexibility index (Phi) is 6.63. The SMILES string of the molecule is Cn1c(=O)c(C(=O)COC(=O)c2ccc(N3CCCC3=O)cc2)c(N)n(Cc2ccccc2)c1=O. The first-order valence-corrected chi connectivity index (χ1v) is 11.0. The Balaban J connectivity index is 1.50. The van der Waals surface area contributed by atoms with Gasteiger partial charge >= 0.3 is 11.7 Å². The quantitative estimate of drug-likeness (QED) is 0.402. The van der Waals surface area contributed by atoms with E-state index in [0.29, 0.717) is 18.7 Å². The van der Waals surface area contributed by atoms with Gasteiger partial charge in [0, 0.05) is 25.7 Å². The highest BCUT2D eigenvalue weighted by Crippen LogP contribution is 2.22. The van der Waals surface area contributed by atoms with Gasteiger partial charge < -0.3 is 15.4 Å². The zero-order chi connectivity index (χ0) is 25.1. The summed E-state index contributed by atoms with van der Waals surface area (Å²) in [6, 6.07) is 15.2. The number of Topliss-reactive ketones (excluding diaryl/α,β-unsaturated/α-hetero) is 1. The van der Waals surface area contributed by atoms with E-state index in [0.717, 1.165) is 21.1 Å². The molecule has 3 aromatic rings. The molecule has 2 aromatic carbocycles. The number of carbonyl (C=O) groups excluding carboxylic acids is 3. The number of nitrogens with two attached hydrogens (primary N) is 1. The van der Waals surface area contributed by atoms with Crippen molar-refractivity contribution in [3.63, 3.8) is 0 Å². The first kappa shape index (κ1) is 23.7. The summed E-state index contributed by atoms with van der Waals surface area (Å²) in [6.45, 7) is -0.0420. The molecular weight excluding hydrogens is 452 g/mol. The highest BCUT2D eigenvalue weighted by Gasteiger charge is 2.24.